The Bertz CT molecular complexity index is 985. The topological polar surface area (TPSA) is 165 Å². The second kappa shape index (κ2) is 12.4. The van der Waals surface area contributed by atoms with Gasteiger partial charge >= 0.3 is 13.7 Å². The molecule has 1 aromatic rings. The lowest BCUT2D eigenvalue weighted by Crippen LogP contribution is -2.43. The van der Waals surface area contributed by atoms with Crippen molar-refractivity contribution in [2.24, 2.45) is 5.73 Å². The van der Waals surface area contributed by atoms with E-state index in [2.05, 4.69) is 10.4 Å². The van der Waals surface area contributed by atoms with E-state index >= 15 is 0 Å². The van der Waals surface area contributed by atoms with E-state index in [1.165, 1.54) is 31.3 Å². The van der Waals surface area contributed by atoms with E-state index in [9.17, 15) is 14.5 Å². The Labute approximate surface area is 215 Å². The number of nitrogens with two attached hydrogens (primary N) is 1. The van der Waals surface area contributed by atoms with Crippen molar-refractivity contribution in [1.29, 1.82) is 5.41 Å². The Morgan fingerprint density at radius 1 is 1.39 bits per heavy atom. The van der Waals surface area contributed by atoms with Gasteiger partial charge in [-0.1, -0.05) is 11.6 Å². The third-order valence-electron chi connectivity index (χ3n) is 5.80. The molecule has 0 spiro atoms. The number of ether oxygens (including phenoxy) is 2. The molecule has 11 nitrogen and oxygen atoms in total. The largest absolute Gasteiger partial charge is 0.461 e. The molecular weight excluding hydrogens is 511 g/mol. The van der Waals surface area contributed by atoms with Crippen LogP contribution in [-0.4, -0.2) is 53.6 Å². The predicted molar refractivity (Wildman–Crippen MR) is 135 cm³/mol. The number of benzene rings is 1. The van der Waals surface area contributed by atoms with Crippen molar-refractivity contribution in [2.45, 2.75) is 76.0 Å². The number of aliphatic hydroxyl groups is 1. The highest BCUT2D eigenvalue weighted by molar-refractivity contribution is 7.52. The first-order valence-electron chi connectivity index (χ1n) is 11.8. The van der Waals surface area contributed by atoms with Crippen molar-refractivity contribution >= 4 is 31.2 Å². The number of carbonyl (C=O) groups excluding carboxylic acids is 1. The maximum atomic E-state index is 13.7. The summed E-state index contributed by atoms with van der Waals surface area (Å²) in [5, 5.41) is 23.9. The monoisotopic (exact) mass is 544 g/mol. The van der Waals surface area contributed by atoms with E-state index in [1.807, 2.05) is 0 Å². The number of esters is 1. The van der Waals surface area contributed by atoms with Gasteiger partial charge in [0.1, 0.15) is 29.3 Å². The zero-order valence-electron chi connectivity index (χ0n) is 20.3. The van der Waals surface area contributed by atoms with Gasteiger partial charge in [0, 0.05) is 17.6 Å². The molecule has 0 aromatic heterocycles. The number of nitrogens with one attached hydrogen (secondary N) is 3. The predicted octanol–water partition coefficient (Wildman–Crippen LogP) is 3.21. The lowest BCUT2D eigenvalue weighted by atomic mass is 10.0. The fourth-order valence-electron chi connectivity index (χ4n) is 3.97. The second-order valence-electron chi connectivity index (χ2n) is 9.19. The molecule has 200 valence electrons. The van der Waals surface area contributed by atoms with Gasteiger partial charge in [0.05, 0.1) is 12.7 Å². The van der Waals surface area contributed by atoms with Gasteiger partial charge in [-0.05, 0) is 69.9 Å². The van der Waals surface area contributed by atoms with Crippen LogP contribution in [0.3, 0.4) is 0 Å². The van der Waals surface area contributed by atoms with E-state index in [0.29, 0.717) is 5.02 Å². The van der Waals surface area contributed by atoms with Gasteiger partial charge in [-0.15, -0.1) is 0 Å². The molecule has 2 aliphatic rings. The van der Waals surface area contributed by atoms with E-state index in [4.69, 9.17) is 41.3 Å². The minimum absolute atomic E-state index is 0.144. The fourth-order valence-corrected chi connectivity index (χ4v) is 5.61. The summed E-state index contributed by atoms with van der Waals surface area (Å²) in [4.78, 5) is 12.6. The van der Waals surface area contributed by atoms with E-state index < -0.39 is 37.7 Å². The third kappa shape index (κ3) is 8.47. The first kappa shape index (κ1) is 28.4. The summed E-state index contributed by atoms with van der Waals surface area (Å²) in [6.45, 7) is 2.90. The summed E-state index contributed by atoms with van der Waals surface area (Å²) >= 11 is 5.93. The maximum absolute atomic E-state index is 13.7. The molecule has 1 saturated carbocycles. The molecule has 1 heterocycles. The quantitative estimate of drug-likeness (QED) is 0.114. The number of halogens is 1. The zero-order chi connectivity index (χ0) is 26.3. The summed E-state index contributed by atoms with van der Waals surface area (Å²) in [5.41, 5.74) is 4.01. The minimum Gasteiger partial charge on any atom is -0.461 e. The van der Waals surface area contributed by atoms with Crippen LogP contribution in [0.5, 0.6) is 5.75 Å². The Kier molecular flexibility index (Phi) is 9.79. The SMILES string of the molecule is CC(NP(=O)(OCC1C[C@@](C)(O)C(N/C=C\C(=N)N)O1)Oc1ccc(Cl)cc1)C(=O)OC1CCCC1. The Balaban J connectivity index is 1.65. The number of hydrogen-bond acceptors (Lipinski definition) is 9. The van der Waals surface area contributed by atoms with Crippen molar-refractivity contribution in [3.05, 3.63) is 41.6 Å². The number of amidine groups is 1. The van der Waals surface area contributed by atoms with Gasteiger partial charge in [-0.2, -0.15) is 5.09 Å². The molecule has 13 heteroatoms. The highest BCUT2D eigenvalue weighted by Crippen LogP contribution is 2.46. The highest BCUT2D eigenvalue weighted by atomic mass is 35.5. The zero-order valence-corrected chi connectivity index (χ0v) is 22.0. The average molecular weight is 545 g/mol. The fraction of sp³-hybridized carbons (Fsp3) is 0.565. The van der Waals surface area contributed by atoms with Crippen LogP contribution < -0.4 is 20.7 Å². The van der Waals surface area contributed by atoms with Crippen LogP contribution in [0.1, 0.15) is 46.0 Å². The van der Waals surface area contributed by atoms with Crippen LogP contribution in [0, 0.1) is 5.41 Å². The van der Waals surface area contributed by atoms with Crippen molar-refractivity contribution < 1.29 is 33.0 Å². The molecule has 2 fully saturated rings. The van der Waals surface area contributed by atoms with Crippen LogP contribution in [-0.2, 0) is 23.4 Å². The maximum Gasteiger partial charge on any atom is 0.459 e. The average Bonchev–Trinajstić information content (AvgIpc) is 3.41. The molecule has 3 rings (SSSR count). The molecule has 0 radical (unpaired) electrons. The first-order chi connectivity index (χ1) is 17.0. The molecule has 6 N–H and O–H groups in total. The summed E-state index contributed by atoms with van der Waals surface area (Å²) < 4.78 is 36.3. The number of carbonyl (C=O) groups is 1. The Morgan fingerprint density at radius 2 is 2.06 bits per heavy atom. The third-order valence-corrected chi connectivity index (χ3v) is 7.70. The molecule has 0 bridgehead atoms. The van der Waals surface area contributed by atoms with Crippen molar-refractivity contribution in [1.82, 2.24) is 10.4 Å². The first-order valence-corrected chi connectivity index (χ1v) is 13.7. The molecule has 36 heavy (non-hydrogen) atoms. The smallest absolute Gasteiger partial charge is 0.459 e. The van der Waals surface area contributed by atoms with Crippen LogP contribution in [0.15, 0.2) is 36.5 Å². The van der Waals surface area contributed by atoms with Gasteiger partial charge < -0.3 is 30.2 Å². The van der Waals surface area contributed by atoms with E-state index in [-0.39, 0.29) is 30.7 Å². The second-order valence-corrected chi connectivity index (χ2v) is 11.3. The van der Waals surface area contributed by atoms with Crippen LogP contribution >= 0.6 is 19.3 Å². The molecule has 1 aliphatic heterocycles. The van der Waals surface area contributed by atoms with Crippen LogP contribution in [0.25, 0.3) is 0 Å². The van der Waals surface area contributed by atoms with Gasteiger partial charge in [0.25, 0.3) is 0 Å². The summed E-state index contributed by atoms with van der Waals surface area (Å²) in [7, 11) is -4.09. The lowest BCUT2D eigenvalue weighted by molar-refractivity contribution is -0.150. The molecule has 1 aliphatic carbocycles. The summed E-state index contributed by atoms with van der Waals surface area (Å²) in [6.07, 6.45) is 4.91. The molecule has 1 saturated heterocycles. The van der Waals surface area contributed by atoms with E-state index in [1.54, 1.807) is 19.1 Å². The van der Waals surface area contributed by atoms with Crippen molar-refractivity contribution in [3.63, 3.8) is 0 Å². The lowest BCUT2D eigenvalue weighted by Gasteiger charge is -2.24. The summed E-state index contributed by atoms with van der Waals surface area (Å²) in [5.74, 6) is -0.487. The Hall–Kier alpha value is -2.14. The highest BCUT2D eigenvalue weighted by Gasteiger charge is 2.45. The van der Waals surface area contributed by atoms with Crippen LogP contribution in [0.2, 0.25) is 5.02 Å². The molecule has 5 atom stereocenters. The molecular formula is C23H34ClN4O7P. The van der Waals surface area contributed by atoms with E-state index in [0.717, 1.165) is 25.7 Å². The van der Waals surface area contributed by atoms with Gasteiger partial charge in [-0.3, -0.25) is 14.7 Å². The summed E-state index contributed by atoms with van der Waals surface area (Å²) in [6, 6.07) is 5.23. The van der Waals surface area contributed by atoms with Crippen molar-refractivity contribution in [3.8, 4) is 5.75 Å². The molecule has 1 aromatic carbocycles. The molecule has 4 unspecified atom stereocenters. The minimum atomic E-state index is -4.09. The van der Waals surface area contributed by atoms with Crippen molar-refractivity contribution in [2.75, 3.05) is 6.61 Å². The Morgan fingerprint density at radius 3 is 2.69 bits per heavy atom. The number of hydrogen-bond donors (Lipinski definition) is 5. The standard InChI is InChI=1S/C23H34ClN4O7P/c1-15(21(29)33-17-5-3-4-6-17)28-36(31,35-18-9-7-16(24)8-10-18)32-14-19-13-23(2,30)22(34-19)27-12-11-20(25)26/h7-12,15,17,19,22,27,30H,3-6,13-14H2,1-2H3,(H3,25,26)(H,28,31)/b12-11-/t15?,19?,22?,23-,36?/m1/s1. The van der Waals surface area contributed by atoms with Gasteiger partial charge in [-0.25, -0.2) is 4.57 Å². The van der Waals surface area contributed by atoms with Gasteiger partial charge in [0.2, 0.25) is 0 Å². The van der Waals surface area contributed by atoms with Gasteiger partial charge in [0.15, 0.2) is 6.23 Å². The normalized spacial score (nSPS) is 27.0. The van der Waals surface area contributed by atoms with Crippen LogP contribution in [0.4, 0.5) is 0 Å². The molecule has 0 amide bonds. The number of rotatable bonds is 12.